The summed E-state index contributed by atoms with van der Waals surface area (Å²) in [5.41, 5.74) is 12.9. The third-order valence-corrected chi connectivity index (χ3v) is 5.04. The van der Waals surface area contributed by atoms with Gasteiger partial charge in [0.25, 0.3) is 5.91 Å². The molecule has 0 bridgehead atoms. The molecule has 2 heterocycles. The van der Waals surface area contributed by atoms with Crippen LogP contribution in [-0.2, 0) is 25.6 Å². The van der Waals surface area contributed by atoms with Crippen LogP contribution in [0.25, 0.3) is 11.2 Å². The van der Waals surface area contributed by atoms with Gasteiger partial charge in [0.2, 0.25) is 5.95 Å². The number of methoxy groups -OCH3 is 1. The van der Waals surface area contributed by atoms with Crippen LogP contribution in [0.2, 0.25) is 0 Å². The van der Waals surface area contributed by atoms with Crippen molar-refractivity contribution in [2.24, 2.45) is 0 Å². The van der Waals surface area contributed by atoms with Crippen molar-refractivity contribution in [1.82, 2.24) is 25.3 Å². The summed E-state index contributed by atoms with van der Waals surface area (Å²) in [7, 11) is 3.08. The van der Waals surface area contributed by atoms with Gasteiger partial charge in [0.15, 0.2) is 17.0 Å². The maximum absolute atomic E-state index is 12.9. The molecule has 0 unspecified atom stereocenters. The van der Waals surface area contributed by atoms with Crippen molar-refractivity contribution in [3.05, 3.63) is 53.5 Å². The summed E-state index contributed by atoms with van der Waals surface area (Å²) in [5, 5.41) is 2.53. The maximum Gasteiger partial charge on any atom is 0.355 e. The Morgan fingerprint density at radius 2 is 1.76 bits per heavy atom. The van der Waals surface area contributed by atoms with E-state index in [4.69, 9.17) is 16.2 Å². The minimum Gasteiger partial charge on any atom is -0.469 e. The van der Waals surface area contributed by atoms with Gasteiger partial charge in [0.05, 0.1) is 32.0 Å². The van der Waals surface area contributed by atoms with Crippen molar-refractivity contribution < 1.29 is 23.9 Å². The minimum atomic E-state index is -0.792. The zero-order chi connectivity index (χ0) is 28.0. The third-order valence-electron chi connectivity index (χ3n) is 5.04. The number of esters is 2. The lowest BCUT2D eigenvalue weighted by Crippen LogP contribution is -2.33. The normalized spacial score (nSPS) is 11.7. The van der Waals surface area contributed by atoms with Crippen molar-refractivity contribution in [1.29, 1.82) is 0 Å². The molecule has 1 aromatic carbocycles. The largest absolute Gasteiger partial charge is 0.469 e. The van der Waals surface area contributed by atoms with Crippen molar-refractivity contribution in [2.45, 2.75) is 39.3 Å². The topological polar surface area (TPSA) is 189 Å². The maximum atomic E-state index is 12.9. The number of nitrogen functional groups attached to an aromatic ring is 2. The Balaban J connectivity index is 1.72. The summed E-state index contributed by atoms with van der Waals surface area (Å²) in [6.07, 6.45) is 2.62. The quantitative estimate of drug-likeness (QED) is 0.287. The predicted molar refractivity (Wildman–Crippen MR) is 141 cm³/mol. The lowest BCUT2D eigenvalue weighted by molar-refractivity contribution is -0.150. The molecule has 200 valence electrons. The number of nitrogens with two attached hydrogens (primary N) is 2. The summed E-state index contributed by atoms with van der Waals surface area (Å²) in [6.45, 7) is 5.48. The summed E-state index contributed by atoms with van der Waals surface area (Å²) in [5.74, 6) is -1.71. The average Bonchev–Trinajstić information content (AvgIpc) is 2.85. The number of anilines is 3. The Morgan fingerprint density at radius 1 is 1.08 bits per heavy atom. The molecule has 5 N–H and O–H groups in total. The standard InChI is InChI=1S/C25H30N8O5/c1-25(2,3)38-23(36)17(10-11-18(34)37-5)30-22(35)14-6-8-16(9-7-14)33(4)13-15-12-28-21-19(29-15)20(26)31-24(27)32-21/h6-10,12H,11,13H2,1-5H3,(H,30,35)(H4,26,27,28,31,32)/b17-10+. The Hall–Kier alpha value is -4.81. The lowest BCUT2D eigenvalue weighted by atomic mass is 10.1. The van der Waals surface area contributed by atoms with Gasteiger partial charge in [-0.25, -0.2) is 14.8 Å². The number of hydrogen-bond acceptors (Lipinski definition) is 12. The first-order valence-corrected chi connectivity index (χ1v) is 11.5. The van der Waals surface area contributed by atoms with Gasteiger partial charge >= 0.3 is 11.9 Å². The molecule has 13 heteroatoms. The Labute approximate surface area is 219 Å². The van der Waals surface area contributed by atoms with Gasteiger partial charge < -0.3 is 31.2 Å². The number of aromatic nitrogens is 4. The summed E-state index contributed by atoms with van der Waals surface area (Å²) in [4.78, 5) is 55.5. The number of carbonyl (C=O) groups excluding carboxylic acids is 3. The molecule has 13 nitrogen and oxygen atoms in total. The van der Waals surface area contributed by atoms with Gasteiger partial charge in [-0.05, 0) is 51.1 Å². The van der Waals surface area contributed by atoms with Crippen molar-refractivity contribution in [2.75, 3.05) is 30.5 Å². The van der Waals surface area contributed by atoms with Crippen molar-refractivity contribution in [3.8, 4) is 0 Å². The van der Waals surface area contributed by atoms with Crippen molar-refractivity contribution in [3.63, 3.8) is 0 Å². The lowest BCUT2D eigenvalue weighted by Gasteiger charge is -2.21. The van der Waals surface area contributed by atoms with E-state index in [1.54, 1.807) is 51.2 Å². The summed E-state index contributed by atoms with van der Waals surface area (Å²) in [6, 6.07) is 6.70. The van der Waals surface area contributed by atoms with Gasteiger partial charge in [-0.15, -0.1) is 0 Å². The van der Waals surface area contributed by atoms with E-state index in [-0.39, 0.29) is 23.9 Å². The highest BCUT2D eigenvalue weighted by Gasteiger charge is 2.22. The molecule has 2 aromatic heterocycles. The monoisotopic (exact) mass is 522 g/mol. The van der Waals surface area contributed by atoms with E-state index in [2.05, 4.69) is 30.0 Å². The number of amides is 1. The van der Waals surface area contributed by atoms with Crippen LogP contribution in [0.3, 0.4) is 0 Å². The van der Waals surface area contributed by atoms with E-state index in [9.17, 15) is 14.4 Å². The van der Waals surface area contributed by atoms with E-state index in [1.807, 2.05) is 11.9 Å². The van der Waals surface area contributed by atoms with Gasteiger partial charge in [-0.1, -0.05) is 0 Å². The van der Waals surface area contributed by atoms with Gasteiger partial charge in [-0.2, -0.15) is 9.97 Å². The second-order valence-corrected chi connectivity index (χ2v) is 9.26. The Kier molecular flexibility index (Phi) is 8.40. The Morgan fingerprint density at radius 3 is 2.39 bits per heavy atom. The highest BCUT2D eigenvalue weighted by atomic mass is 16.6. The zero-order valence-electron chi connectivity index (χ0n) is 21.8. The highest BCUT2D eigenvalue weighted by molar-refractivity contribution is 6.01. The van der Waals surface area contributed by atoms with E-state index in [1.165, 1.54) is 13.2 Å². The van der Waals surface area contributed by atoms with Crippen LogP contribution in [-0.4, -0.2) is 57.5 Å². The molecule has 0 aliphatic carbocycles. The van der Waals surface area contributed by atoms with Gasteiger partial charge in [0, 0.05) is 18.3 Å². The molecule has 0 fully saturated rings. The van der Waals surface area contributed by atoms with Crippen LogP contribution in [0.4, 0.5) is 17.5 Å². The molecule has 0 radical (unpaired) electrons. The van der Waals surface area contributed by atoms with E-state index < -0.39 is 23.4 Å². The molecule has 0 atom stereocenters. The summed E-state index contributed by atoms with van der Waals surface area (Å²) < 4.78 is 9.94. The fraction of sp³-hybridized carbons (Fsp3) is 0.320. The summed E-state index contributed by atoms with van der Waals surface area (Å²) >= 11 is 0. The second kappa shape index (κ2) is 11.5. The number of fused-ring (bicyclic) bond motifs is 1. The minimum absolute atomic E-state index is 0.0236. The first-order valence-electron chi connectivity index (χ1n) is 11.5. The van der Waals surface area contributed by atoms with Crippen LogP contribution in [0.15, 0.2) is 42.2 Å². The van der Waals surface area contributed by atoms with E-state index in [0.717, 1.165) is 5.69 Å². The van der Waals surface area contributed by atoms with Crippen LogP contribution in [0.5, 0.6) is 0 Å². The molecular weight excluding hydrogens is 492 g/mol. The fourth-order valence-corrected chi connectivity index (χ4v) is 3.24. The fourth-order valence-electron chi connectivity index (χ4n) is 3.24. The molecule has 3 rings (SSSR count). The molecule has 3 aromatic rings. The van der Waals surface area contributed by atoms with E-state index in [0.29, 0.717) is 29.0 Å². The molecule has 1 amide bonds. The van der Waals surface area contributed by atoms with E-state index >= 15 is 0 Å². The highest BCUT2D eigenvalue weighted by Crippen LogP contribution is 2.19. The molecule has 0 aliphatic heterocycles. The molecule has 0 aliphatic rings. The first-order chi connectivity index (χ1) is 17.9. The number of rotatable bonds is 8. The molecule has 0 spiro atoms. The number of nitrogens with one attached hydrogen (secondary N) is 1. The molecule has 0 saturated heterocycles. The number of benzene rings is 1. The van der Waals surface area contributed by atoms with Gasteiger partial charge in [-0.3, -0.25) is 9.59 Å². The van der Waals surface area contributed by atoms with Gasteiger partial charge in [0.1, 0.15) is 11.3 Å². The predicted octanol–water partition coefficient (Wildman–Crippen LogP) is 1.74. The van der Waals surface area contributed by atoms with Crippen LogP contribution in [0.1, 0.15) is 43.2 Å². The smallest absolute Gasteiger partial charge is 0.355 e. The number of hydrogen-bond donors (Lipinski definition) is 3. The van der Waals surface area contributed by atoms with Crippen molar-refractivity contribution >= 4 is 46.5 Å². The molecule has 38 heavy (non-hydrogen) atoms. The van der Waals surface area contributed by atoms with Crippen LogP contribution < -0.4 is 21.7 Å². The van der Waals surface area contributed by atoms with Crippen LogP contribution in [0, 0.1) is 0 Å². The SMILES string of the molecule is COC(=O)C/C=C(/NC(=O)c1ccc(N(C)Cc2cnc3nc(N)nc(N)c3n2)cc1)C(=O)OC(C)(C)C. The molecule has 0 saturated carbocycles. The zero-order valence-corrected chi connectivity index (χ0v) is 21.8. The average molecular weight is 523 g/mol. The third kappa shape index (κ3) is 7.35. The number of nitrogens with zero attached hydrogens (tertiary/aromatic N) is 5. The van der Waals surface area contributed by atoms with Crippen LogP contribution >= 0.6 is 0 Å². The molecular formula is C25H30N8O5. The number of ether oxygens (including phenoxy) is 2. The first kappa shape index (κ1) is 27.8. The Bertz CT molecular complexity index is 1380. The number of carbonyl (C=O) groups is 3. The second-order valence-electron chi connectivity index (χ2n) is 9.26.